The molecule has 0 aliphatic heterocycles. The van der Waals surface area contributed by atoms with E-state index in [0.717, 1.165) is 12.8 Å². The number of carbonyl (C=O) groups excluding carboxylic acids is 1. The molecule has 0 heterocycles. The molecule has 0 atom stereocenters. The molecule has 1 aromatic rings. The minimum atomic E-state index is -0.368. The summed E-state index contributed by atoms with van der Waals surface area (Å²) in [7, 11) is 0. The maximum absolute atomic E-state index is 13.1. The molecule has 1 nitrogen and oxygen atoms in total. The first-order valence-corrected chi connectivity index (χ1v) is 5.43. The molecule has 0 aliphatic carbocycles. The van der Waals surface area contributed by atoms with Crippen molar-refractivity contribution in [2.75, 3.05) is 0 Å². The number of benzene rings is 1. The fourth-order valence-electron chi connectivity index (χ4n) is 1.34. The minimum Gasteiger partial charge on any atom is -0.294 e. The lowest BCUT2D eigenvalue weighted by Gasteiger charge is -2.05. The molecule has 1 aromatic carbocycles. The van der Waals surface area contributed by atoms with E-state index >= 15 is 0 Å². The van der Waals surface area contributed by atoms with Crippen LogP contribution in [0.2, 0.25) is 5.02 Å². The van der Waals surface area contributed by atoms with Crippen LogP contribution in [0.15, 0.2) is 12.1 Å². The molecule has 0 saturated carbocycles. The van der Waals surface area contributed by atoms with Gasteiger partial charge in [-0.05, 0) is 31.0 Å². The molecule has 0 saturated heterocycles. The van der Waals surface area contributed by atoms with Gasteiger partial charge in [0.05, 0.1) is 5.02 Å². The van der Waals surface area contributed by atoms with Gasteiger partial charge in [-0.25, -0.2) is 4.39 Å². The van der Waals surface area contributed by atoms with Gasteiger partial charge in [0.2, 0.25) is 0 Å². The number of carbonyl (C=O) groups is 1. The van der Waals surface area contributed by atoms with Crippen molar-refractivity contribution in [1.82, 2.24) is 0 Å². The van der Waals surface area contributed by atoms with Crippen molar-refractivity contribution >= 4 is 17.4 Å². The van der Waals surface area contributed by atoms with Gasteiger partial charge < -0.3 is 0 Å². The number of hydrogen-bond acceptors (Lipinski definition) is 1. The number of aryl methyl sites for hydroxylation is 1. The molecule has 0 aliphatic rings. The van der Waals surface area contributed by atoms with E-state index in [-0.39, 0.29) is 16.6 Å². The molecule has 0 unspecified atom stereocenters. The fourth-order valence-corrected chi connectivity index (χ4v) is 1.60. The Morgan fingerprint density at radius 1 is 1.47 bits per heavy atom. The van der Waals surface area contributed by atoms with Crippen molar-refractivity contribution < 1.29 is 9.18 Å². The molecule has 0 fully saturated rings. The van der Waals surface area contributed by atoms with Crippen molar-refractivity contribution in [2.45, 2.75) is 33.1 Å². The molecule has 15 heavy (non-hydrogen) atoms. The molecule has 0 aromatic heterocycles. The van der Waals surface area contributed by atoms with Crippen LogP contribution in [-0.2, 0) is 0 Å². The van der Waals surface area contributed by atoms with Crippen LogP contribution in [0.4, 0.5) is 4.39 Å². The highest BCUT2D eigenvalue weighted by atomic mass is 35.5. The van der Waals surface area contributed by atoms with Gasteiger partial charge in [-0.2, -0.15) is 0 Å². The Balaban J connectivity index is 2.94. The maximum Gasteiger partial charge on any atom is 0.164 e. The number of Topliss-reactive ketones (excluding diaryl/α,β-unsaturated/α-hetero) is 1. The third-order valence-corrected chi connectivity index (χ3v) is 2.62. The molecule has 0 N–H and O–H groups in total. The van der Waals surface area contributed by atoms with Crippen molar-refractivity contribution in [1.29, 1.82) is 0 Å². The average Bonchev–Trinajstić information content (AvgIpc) is 2.20. The summed E-state index contributed by atoms with van der Waals surface area (Å²) in [5.74, 6) is -0.378. The van der Waals surface area contributed by atoms with Crippen LogP contribution >= 0.6 is 11.6 Å². The number of unbranched alkanes of at least 4 members (excludes halogenated alkanes) is 1. The summed E-state index contributed by atoms with van der Waals surface area (Å²) >= 11 is 5.81. The van der Waals surface area contributed by atoms with Crippen molar-refractivity contribution in [3.05, 3.63) is 34.1 Å². The predicted octanol–water partition coefficient (Wildman–Crippen LogP) is 4.16. The lowest BCUT2D eigenvalue weighted by atomic mass is 10.0. The Bertz CT molecular complexity index is 374. The van der Waals surface area contributed by atoms with Gasteiger partial charge in [0, 0.05) is 12.0 Å². The van der Waals surface area contributed by atoms with E-state index in [4.69, 9.17) is 11.6 Å². The van der Waals surface area contributed by atoms with E-state index in [1.807, 2.05) is 6.92 Å². The van der Waals surface area contributed by atoms with E-state index < -0.39 is 0 Å². The van der Waals surface area contributed by atoms with Gasteiger partial charge in [-0.15, -0.1) is 0 Å². The van der Waals surface area contributed by atoms with E-state index in [1.54, 1.807) is 6.92 Å². The van der Waals surface area contributed by atoms with Crippen LogP contribution in [0.25, 0.3) is 0 Å². The Morgan fingerprint density at radius 2 is 2.13 bits per heavy atom. The third-order valence-electron chi connectivity index (χ3n) is 2.31. The topological polar surface area (TPSA) is 17.1 Å². The number of ketones is 1. The average molecular weight is 229 g/mol. The molecule has 3 heteroatoms. The summed E-state index contributed by atoms with van der Waals surface area (Å²) in [5, 5.41) is 0.208. The molecular weight excluding hydrogens is 215 g/mol. The minimum absolute atomic E-state index is 0.00931. The lowest BCUT2D eigenvalue weighted by Crippen LogP contribution is -2.01. The quantitative estimate of drug-likeness (QED) is 0.708. The summed E-state index contributed by atoms with van der Waals surface area (Å²) < 4.78 is 13.1. The second-order valence-electron chi connectivity index (χ2n) is 3.61. The van der Waals surface area contributed by atoms with Crippen molar-refractivity contribution in [3.63, 3.8) is 0 Å². The van der Waals surface area contributed by atoms with E-state index in [2.05, 4.69) is 0 Å². The standard InChI is InChI=1S/C12H14ClFO/c1-3-4-5-12(15)9-6-8(2)11(14)7-10(9)13/h6-7H,3-5H2,1-2H3. The molecule has 0 amide bonds. The smallest absolute Gasteiger partial charge is 0.164 e. The molecule has 82 valence electrons. The Morgan fingerprint density at radius 3 is 2.73 bits per heavy atom. The van der Waals surface area contributed by atoms with Crippen LogP contribution in [-0.4, -0.2) is 5.78 Å². The first kappa shape index (κ1) is 12.2. The van der Waals surface area contributed by atoms with E-state index in [1.165, 1.54) is 12.1 Å². The van der Waals surface area contributed by atoms with Crippen molar-refractivity contribution in [2.24, 2.45) is 0 Å². The fraction of sp³-hybridized carbons (Fsp3) is 0.417. The second kappa shape index (κ2) is 5.26. The second-order valence-corrected chi connectivity index (χ2v) is 4.02. The molecule has 1 rings (SSSR count). The summed E-state index contributed by atoms with van der Waals surface area (Å²) in [6.45, 7) is 3.65. The van der Waals surface area contributed by atoms with Gasteiger partial charge in [0.15, 0.2) is 5.78 Å². The third kappa shape index (κ3) is 3.03. The van der Waals surface area contributed by atoms with Gasteiger partial charge in [0.25, 0.3) is 0 Å². The Kier molecular flexibility index (Phi) is 4.28. The first-order chi connectivity index (χ1) is 7.06. The summed E-state index contributed by atoms with van der Waals surface area (Å²) in [6.07, 6.45) is 2.27. The Labute approximate surface area is 94.3 Å². The highest BCUT2D eigenvalue weighted by Gasteiger charge is 2.12. The van der Waals surface area contributed by atoms with Gasteiger partial charge in [-0.1, -0.05) is 24.9 Å². The molecule has 0 radical (unpaired) electrons. The number of halogens is 2. The lowest BCUT2D eigenvalue weighted by molar-refractivity contribution is 0.0980. The van der Waals surface area contributed by atoms with E-state index in [0.29, 0.717) is 17.5 Å². The van der Waals surface area contributed by atoms with Crippen LogP contribution in [0.3, 0.4) is 0 Å². The van der Waals surface area contributed by atoms with Crippen LogP contribution in [0.1, 0.15) is 42.1 Å². The van der Waals surface area contributed by atoms with Crippen LogP contribution in [0, 0.1) is 12.7 Å². The van der Waals surface area contributed by atoms with Crippen LogP contribution < -0.4 is 0 Å². The first-order valence-electron chi connectivity index (χ1n) is 5.05. The summed E-state index contributed by atoms with van der Waals surface area (Å²) in [6, 6.07) is 2.73. The van der Waals surface area contributed by atoms with Gasteiger partial charge >= 0.3 is 0 Å². The highest BCUT2D eigenvalue weighted by Crippen LogP contribution is 2.22. The number of rotatable bonds is 4. The zero-order chi connectivity index (χ0) is 11.4. The highest BCUT2D eigenvalue weighted by molar-refractivity contribution is 6.34. The summed E-state index contributed by atoms with van der Waals surface area (Å²) in [4.78, 5) is 11.7. The van der Waals surface area contributed by atoms with Crippen molar-refractivity contribution in [3.8, 4) is 0 Å². The van der Waals surface area contributed by atoms with Gasteiger partial charge in [-0.3, -0.25) is 4.79 Å². The largest absolute Gasteiger partial charge is 0.294 e. The number of hydrogen-bond donors (Lipinski definition) is 0. The monoisotopic (exact) mass is 228 g/mol. The molecular formula is C12H14ClFO. The maximum atomic E-state index is 13.1. The normalized spacial score (nSPS) is 10.4. The zero-order valence-electron chi connectivity index (χ0n) is 8.94. The van der Waals surface area contributed by atoms with Gasteiger partial charge in [0.1, 0.15) is 5.82 Å². The van der Waals surface area contributed by atoms with Crippen LogP contribution in [0.5, 0.6) is 0 Å². The molecule has 0 spiro atoms. The zero-order valence-corrected chi connectivity index (χ0v) is 9.70. The Hall–Kier alpha value is -0.890. The summed E-state index contributed by atoms with van der Waals surface area (Å²) in [5.41, 5.74) is 0.892. The molecule has 0 bridgehead atoms. The SMILES string of the molecule is CCCCC(=O)c1cc(C)c(F)cc1Cl. The van der Waals surface area contributed by atoms with E-state index in [9.17, 15) is 9.18 Å². The predicted molar refractivity (Wildman–Crippen MR) is 60.0 cm³/mol.